The quantitative estimate of drug-likeness (QED) is 0.550. The number of carbonyl (C=O) groups excluding carboxylic acids is 1. The summed E-state index contributed by atoms with van der Waals surface area (Å²) in [5.41, 5.74) is 1.47. The average molecular weight is 440 g/mol. The maximum Gasteiger partial charge on any atom is 0.237 e. The second-order valence-electron chi connectivity index (χ2n) is 8.08. The summed E-state index contributed by atoms with van der Waals surface area (Å²) in [7, 11) is 0. The second kappa shape index (κ2) is 9.99. The first-order valence-electron chi connectivity index (χ1n) is 10.9. The molecule has 4 rings (SSSR count). The van der Waals surface area contributed by atoms with Crippen LogP contribution in [0.3, 0.4) is 0 Å². The largest absolute Gasteiger partial charge is 0.339 e. The SMILES string of the molecule is CCN(Cc1cccc(F)c1)C(=O)CN1CCCC(c2nc(-c3ccc(F)cc3)no2)C1. The maximum absolute atomic E-state index is 13.5. The fourth-order valence-corrected chi connectivity index (χ4v) is 4.04. The van der Waals surface area contributed by atoms with Gasteiger partial charge in [-0.05, 0) is 68.3 Å². The molecule has 3 aromatic rings. The molecule has 1 unspecified atom stereocenters. The zero-order chi connectivity index (χ0) is 22.5. The molecular weight excluding hydrogens is 414 g/mol. The monoisotopic (exact) mass is 440 g/mol. The molecule has 0 aliphatic carbocycles. The number of nitrogens with zero attached hydrogens (tertiary/aromatic N) is 4. The Balaban J connectivity index is 1.37. The van der Waals surface area contributed by atoms with Crippen molar-refractivity contribution < 1.29 is 18.1 Å². The van der Waals surface area contributed by atoms with Crippen LogP contribution in [0.5, 0.6) is 0 Å². The van der Waals surface area contributed by atoms with Gasteiger partial charge >= 0.3 is 0 Å². The minimum absolute atomic E-state index is 0.00921. The van der Waals surface area contributed by atoms with Crippen LogP contribution in [0.2, 0.25) is 0 Å². The number of carbonyl (C=O) groups is 1. The van der Waals surface area contributed by atoms with E-state index in [2.05, 4.69) is 15.0 Å². The van der Waals surface area contributed by atoms with Gasteiger partial charge in [-0.15, -0.1) is 0 Å². The topological polar surface area (TPSA) is 62.5 Å². The van der Waals surface area contributed by atoms with E-state index in [0.29, 0.717) is 43.5 Å². The van der Waals surface area contributed by atoms with Gasteiger partial charge in [0.25, 0.3) is 0 Å². The first-order chi connectivity index (χ1) is 15.5. The normalized spacial score (nSPS) is 16.8. The van der Waals surface area contributed by atoms with Crippen molar-refractivity contribution in [3.05, 3.63) is 71.6 Å². The second-order valence-corrected chi connectivity index (χ2v) is 8.08. The summed E-state index contributed by atoms with van der Waals surface area (Å²) in [6.07, 6.45) is 1.82. The number of rotatable bonds is 7. The zero-order valence-corrected chi connectivity index (χ0v) is 18.0. The Morgan fingerprint density at radius 2 is 2.00 bits per heavy atom. The molecule has 0 bridgehead atoms. The number of amides is 1. The fourth-order valence-electron chi connectivity index (χ4n) is 4.04. The molecule has 1 fully saturated rings. The van der Waals surface area contributed by atoms with Gasteiger partial charge in [0.15, 0.2) is 0 Å². The molecule has 168 valence electrons. The van der Waals surface area contributed by atoms with Crippen molar-refractivity contribution in [1.82, 2.24) is 19.9 Å². The van der Waals surface area contributed by atoms with E-state index in [1.807, 2.05) is 13.0 Å². The number of hydrogen-bond acceptors (Lipinski definition) is 5. The van der Waals surface area contributed by atoms with Crippen LogP contribution in [0.25, 0.3) is 11.4 Å². The third kappa shape index (κ3) is 5.37. The van der Waals surface area contributed by atoms with Crippen LogP contribution in [0.15, 0.2) is 53.1 Å². The van der Waals surface area contributed by atoms with E-state index in [1.54, 1.807) is 23.1 Å². The highest BCUT2D eigenvalue weighted by molar-refractivity contribution is 5.78. The maximum atomic E-state index is 13.5. The Bertz CT molecular complexity index is 1050. The summed E-state index contributed by atoms with van der Waals surface area (Å²) in [4.78, 5) is 21.2. The molecule has 0 radical (unpaired) electrons. The number of likely N-dealkylation sites (N-methyl/N-ethyl adjacent to an activating group) is 1. The molecule has 32 heavy (non-hydrogen) atoms. The standard InChI is InChI=1S/C24H26F2N4O2/c1-2-30(14-17-5-3-7-21(26)13-17)22(31)16-29-12-4-6-19(15-29)24-27-23(28-32-24)18-8-10-20(25)11-9-18/h3,5,7-11,13,19H,2,4,6,12,14-16H2,1H3. The summed E-state index contributed by atoms with van der Waals surface area (Å²) < 4.78 is 32.1. The van der Waals surface area contributed by atoms with Gasteiger partial charge in [-0.1, -0.05) is 17.3 Å². The van der Waals surface area contributed by atoms with Crippen LogP contribution in [-0.2, 0) is 11.3 Å². The van der Waals surface area contributed by atoms with Gasteiger partial charge in [-0.25, -0.2) is 8.78 Å². The van der Waals surface area contributed by atoms with Crippen LogP contribution >= 0.6 is 0 Å². The van der Waals surface area contributed by atoms with Crippen LogP contribution in [0, 0.1) is 11.6 Å². The minimum Gasteiger partial charge on any atom is -0.339 e. The summed E-state index contributed by atoms with van der Waals surface area (Å²) in [5.74, 6) is 0.397. The molecule has 0 spiro atoms. The van der Waals surface area contributed by atoms with E-state index in [9.17, 15) is 13.6 Å². The van der Waals surface area contributed by atoms with E-state index in [4.69, 9.17) is 4.52 Å². The van der Waals surface area contributed by atoms with Crippen LogP contribution < -0.4 is 0 Å². The molecule has 1 amide bonds. The third-order valence-corrected chi connectivity index (χ3v) is 5.75. The van der Waals surface area contributed by atoms with Crippen LogP contribution in [-0.4, -0.2) is 52.0 Å². The fraction of sp³-hybridized carbons (Fsp3) is 0.375. The van der Waals surface area contributed by atoms with Crippen molar-refractivity contribution in [2.24, 2.45) is 0 Å². The molecule has 1 aliphatic rings. The van der Waals surface area contributed by atoms with Gasteiger partial charge in [-0.2, -0.15) is 4.98 Å². The van der Waals surface area contributed by atoms with E-state index in [1.165, 1.54) is 24.3 Å². The summed E-state index contributed by atoms with van der Waals surface area (Å²) in [6, 6.07) is 12.3. The van der Waals surface area contributed by atoms with E-state index < -0.39 is 0 Å². The number of benzene rings is 2. The Labute approximate surface area is 185 Å². The molecule has 2 heterocycles. The summed E-state index contributed by atoms with van der Waals surface area (Å²) in [5, 5.41) is 4.04. The lowest BCUT2D eigenvalue weighted by atomic mass is 9.98. The first-order valence-corrected chi connectivity index (χ1v) is 10.9. The Morgan fingerprint density at radius 1 is 1.19 bits per heavy atom. The number of hydrogen-bond donors (Lipinski definition) is 0. The molecule has 1 aromatic heterocycles. The zero-order valence-electron chi connectivity index (χ0n) is 18.0. The number of likely N-dealkylation sites (tertiary alicyclic amines) is 1. The van der Waals surface area contributed by atoms with Crippen molar-refractivity contribution in [2.45, 2.75) is 32.2 Å². The van der Waals surface area contributed by atoms with Crippen molar-refractivity contribution >= 4 is 5.91 Å². The number of halogens is 2. The molecule has 2 aromatic carbocycles. The highest BCUT2D eigenvalue weighted by atomic mass is 19.1. The number of piperidine rings is 1. The van der Waals surface area contributed by atoms with Crippen LogP contribution in [0.4, 0.5) is 8.78 Å². The van der Waals surface area contributed by atoms with Gasteiger partial charge in [0.2, 0.25) is 17.6 Å². The number of aromatic nitrogens is 2. The van der Waals surface area contributed by atoms with Gasteiger partial charge < -0.3 is 9.42 Å². The summed E-state index contributed by atoms with van der Waals surface area (Å²) >= 11 is 0. The molecule has 8 heteroatoms. The van der Waals surface area contributed by atoms with Gasteiger partial charge in [0.05, 0.1) is 12.5 Å². The van der Waals surface area contributed by atoms with E-state index in [-0.39, 0.29) is 23.5 Å². The van der Waals surface area contributed by atoms with Gasteiger partial charge in [0, 0.05) is 25.2 Å². The van der Waals surface area contributed by atoms with E-state index in [0.717, 1.165) is 24.9 Å². The van der Waals surface area contributed by atoms with Gasteiger partial charge in [-0.3, -0.25) is 9.69 Å². The Hall–Kier alpha value is -3.13. The molecule has 1 saturated heterocycles. The lowest BCUT2D eigenvalue weighted by molar-refractivity contribution is -0.133. The lowest BCUT2D eigenvalue weighted by Crippen LogP contribution is -2.43. The van der Waals surface area contributed by atoms with Crippen molar-refractivity contribution in [3.8, 4) is 11.4 Å². The molecule has 0 N–H and O–H groups in total. The van der Waals surface area contributed by atoms with Crippen molar-refractivity contribution in [1.29, 1.82) is 0 Å². The third-order valence-electron chi connectivity index (χ3n) is 5.75. The predicted octanol–water partition coefficient (Wildman–Crippen LogP) is 4.24. The van der Waals surface area contributed by atoms with E-state index >= 15 is 0 Å². The predicted molar refractivity (Wildman–Crippen MR) is 116 cm³/mol. The molecule has 1 atom stereocenters. The van der Waals surface area contributed by atoms with Gasteiger partial charge in [0.1, 0.15) is 11.6 Å². The smallest absolute Gasteiger partial charge is 0.237 e. The van der Waals surface area contributed by atoms with Crippen LogP contribution in [0.1, 0.15) is 37.1 Å². The lowest BCUT2D eigenvalue weighted by Gasteiger charge is -2.32. The molecule has 0 saturated carbocycles. The van der Waals surface area contributed by atoms with Crippen molar-refractivity contribution in [2.75, 3.05) is 26.2 Å². The molecule has 6 nitrogen and oxygen atoms in total. The minimum atomic E-state index is -0.316. The highest BCUT2D eigenvalue weighted by Crippen LogP contribution is 2.27. The summed E-state index contributed by atoms with van der Waals surface area (Å²) in [6.45, 7) is 4.61. The molecule has 1 aliphatic heterocycles. The van der Waals surface area contributed by atoms with Crippen molar-refractivity contribution in [3.63, 3.8) is 0 Å². The average Bonchev–Trinajstić information content (AvgIpc) is 3.28. The first kappa shape index (κ1) is 22.1. The Kier molecular flexibility index (Phi) is 6.90. The highest BCUT2D eigenvalue weighted by Gasteiger charge is 2.28. The Morgan fingerprint density at radius 3 is 2.75 bits per heavy atom. The molecular formula is C24H26F2N4O2.